The predicted molar refractivity (Wildman–Crippen MR) is 77.3 cm³/mol. The summed E-state index contributed by atoms with van der Waals surface area (Å²) in [5.41, 5.74) is 1.70. The molecule has 2 rings (SSSR count). The Labute approximate surface area is 116 Å². The van der Waals surface area contributed by atoms with Crippen LogP contribution in [0.15, 0.2) is 12.3 Å². The maximum atomic E-state index is 5.06. The molecule has 0 saturated heterocycles. The van der Waals surface area contributed by atoms with Gasteiger partial charge in [-0.1, -0.05) is 6.92 Å². The summed E-state index contributed by atoms with van der Waals surface area (Å²) in [5.74, 6) is 0. The Kier molecular flexibility index (Phi) is 4.99. The van der Waals surface area contributed by atoms with E-state index in [1.54, 1.807) is 7.11 Å². The van der Waals surface area contributed by atoms with Gasteiger partial charge in [0, 0.05) is 32.4 Å². The highest BCUT2D eigenvalue weighted by molar-refractivity contribution is 5.09. The summed E-state index contributed by atoms with van der Waals surface area (Å²) >= 11 is 0. The Hall–Kier alpha value is -0.870. The Morgan fingerprint density at radius 3 is 2.95 bits per heavy atom. The first-order chi connectivity index (χ1) is 9.19. The summed E-state index contributed by atoms with van der Waals surface area (Å²) in [7, 11) is 1.75. The van der Waals surface area contributed by atoms with Gasteiger partial charge >= 0.3 is 0 Å². The van der Waals surface area contributed by atoms with E-state index in [1.807, 2.05) is 0 Å². The molecule has 0 amide bonds. The van der Waals surface area contributed by atoms with Crippen LogP contribution in [0.2, 0.25) is 0 Å². The van der Waals surface area contributed by atoms with Gasteiger partial charge in [-0.3, -0.25) is 4.68 Å². The van der Waals surface area contributed by atoms with Gasteiger partial charge in [-0.25, -0.2) is 0 Å². The van der Waals surface area contributed by atoms with Gasteiger partial charge in [-0.2, -0.15) is 5.10 Å². The van der Waals surface area contributed by atoms with E-state index < -0.39 is 0 Å². The molecule has 1 aliphatic carbocycles. The van der Waals surface area contributed by atoms with Crippen LogP contribution < -0.4 is 5.32 Å². The van der Waals surface area contributed by atoms with Gasteiger partial charge in [-0.05, 0) is 44.1 Å². The molecular formula is C15H27N3O. The largest absolute Gasteiger partial charge is 0.383 e. The van der Waals surface area contributed by atoms with E-state index in [9.17, 15) is 0 Å². The standard InChI is InChI=1S/C15H27N3O/c1-4-13(2)18-9-5-14(17-18)11-15(6-7-15)12-16-8-10-19-3/h5,9,13,16H,4,6-8,10-12H2,1-3H3. The normalized spacial score (nSPS) is 18.5. The molecule has 1 heterocycles. The van der Waals surface area contributed by atoms with Crippen LogP contribution in [-0.2, 0) is 11.2 Å². The maximum Gasteiger partial charge on any atom is 0.0630 e. The molecule has 1 N–H and O–H groups in total. The fourth-order valence-electron chi connectivity index (χ4n) is 2.41. The lowest BCUT2D eigenvalue weighted by molar-refractivity contribution is 0.197. The third kappa shape index (κ3) is 4.05. The van der Waals surface area contributed by atoms with E-state index >= 15 is 0 Å². The molecule has 0 aromatic carbocycles. The second-order valence-electron chi connectivity index (χ2n) is 5.89. The Balaban J connectivity index is 1.81. The summed E-state index contributed by atoms with van der Waals surface area (Å²) in [6, 6.07) is 2.69. The number of aromatic nitrogens is 2. The molecule has 1 aromatic rings. The van der Waals surface area contributed by atoms with Crippen molar-refractivity contribution < 1.29 is 4.74 Å². The smallest absolute Gasteiger partial charge is 0.0630 e. The van der Waals surface area contributed by atoms with Crippen LogP contribution in [0.25, 0.3) is 0 Å². The number of nitrogens with one attached hydrogen (secondary N) is 1. The summed E-state index contributed by atoms with van der Waals surface area (Å²) in [5, 5.41) is 8.21. The SMILES string of the molecule is CCC(C)n1ccc(CC2(CNCCOC)CC2)n1. The minimum atomic E-state index is 0.461. The number of hydrogen-bond acceptors (Lipinski definition) is 3. The zero-order valence-corrected chi connectivity index (χ0v) is 12.5. The first-order valence-corrected chi connectivity index (χ1v) is 7.43. The number of ether oxygens (including phenoxy) is 1. The van der Waals surface area contributed by atoms with Gasteiger partial charge in [0.1, 0.15) is 0 Å². The fourth-order valence-corrected chi connectivity index (χ4v) is 2.41. The van der Waals surface area contributed by atoms with Crippen LogP contribution >= 0.6 is 0 Å². The molecule has 4 nitrogen and oxygen atoms in total. The zero-order chi connectivity index (χ0) is 13.7. The van der Waals surface area contributed by atoms with Gasteiger partial charge in [-0.15, -0.1) is 0 Å². The van der Waals surface area contributed by atoms with Crippen molar-refractivity contribution in [3.63, 3.8) is 0 Å². The third-order valence-electron chi connectivity index (χ3n) is 4.20. The summed E-state index contributed by atoms with van der Waals surface area (Å²) in [4.78, 5) is 0. The van der Waals surface area contributed by atoms with Gasteiger partial charge in [0.25, 0.3) is 0 Å². The van der Waals surface area contributed by atoms with Crippen LogP contribution in [0.3, 0.4) is 0 Å². The van der Waals surface area contributed by atoms with E-state index in [0.717, 1.165) is 32.5 Å². The lowest BCUT2D eigenvalue weighted by Crippen LogP contribution is -2.28. The van der Waals surface area contributed by atoms with Crippen LogP contribution in [0, 0.1) is 5.41 Å². The lowest BCUT2D eigenvalue weighted by atomic mass is 10.0. The molecule has 0 spiro atoms. The van der Waals surface area contributed by atoms with Crippen LogP contribution in [0.4, 0.5) is 0 Å². The average Bonchev–Trinajstić information content (AvgIpc) is 3.02. The van der Waals surface area contributed by atoms with E-state index in [0.29, 0.717) is 11.5 Å². The van der Waals surface area contributed by atoms with E-state index in [1.165, 1.54) is 18.5 Å². The molecule has 1 aliphatic rings. The van der Waals surface area contributed by atoms with Gasteiger partial charge in [0.2, 0.25) is 0 Å². The highest BCUT2D eigenvalue weighted by Gasteiger charge is 2.42. The van der Waals surface area contributed by atoms with Crippen molar-refractivity contribution >= 4 is 0 Å². The molecule has 1 unspecified atom stereocenters. The molecule has 1 aromatic heterocycles. The van der Waals surface area contributed by atoms with Crippen molar-refractivity contribution in [3.05, 3.63) is 18.0 Å². The van der Waals surface area contributed by atoms with Gasteiger partial charge in [0.15, 0.2) is 0 Å². The van der Waals surface area contributed by atoms with E-state index in [2.05, 4.69) is 36.1 Å². The maximum absolute atomic E-state index is 5.06. The Bertz CT molecular complexity index is 384. The molecule has 0 aliphatic heterocycles. The van der Waals surface area contributed by atoms with Crippen molar-refractivity contribution in [3.8, 4) is 0 Å². The number of nitrogens with zero attached hydrogens (tertiary/aromatic N) is 2. The lowest BCUT2D eigenvalue weighted by Gasteiger charge is -2.15. The van der Waals surface area contributed by atoms with Crippen molar-refractivity contribution in [1.82, 2.24) is 15.1 Å². The average molecular weight is 265 g/mol. The summed E-state index contributed by atoms with van der Waals surface area (Å²) in [6.07, 6.45) is 7.01. The molecule has 1 atom stereocenters. The van der Waals surface area contributed by atoms with Gasteiger partial charge < -0.3 is 10.1 Å². The van der Waals surface area contributed by atoms with Crippen LogP contribution in [0.5, 0.6) is 0 Å². The molecule has 0 bridgehead atoms. The minimum Gasteiger partial charge on any atom is -0.383 e. The monoisotopic (exact) mass is 265 g/mol. The van der Waals surface area contributed by atoms with Gasteiger partial charge in [0.05, 0.1) is 12.3 Å². The summed E-state index contributed by atoms with van der Waals surface area (Å²) < 4.78 is 7.16. The molecule has 19 heavy (non-hydrogen) atoms. The first-order valence-electron chi connectivity index (χ1n) is 7.43. The third-order valence-corrected chi connectivity index (χ3v) is 4.20. The fraction of sp³-hybridized carbons (Fsp3) is 0.800. The molecule has 4 heteroatoms. The van der Waals surface area contributed by atoms with Crippen LogP contribution in [-0.4, -0.2) is 36.6 Å². The van der Waals surface area contributed by atoms with E-state index in [-0.39, 0.29) is 0 Å². The molecule has 108 valence electrons. The van der Waals surface area contributed by atoms with E-state index in [4.69, 9.17) is 9.84 Å². The number of methoxy groups -OCH3 is 1. The zero-order valence-electron chi connectivity index (χ0n) is 12.5. The minimum absolute atomic E-state index is 0.461. The predicted octanol–water partition coefficient (Wildman–Crippen LogP) is 2.41. The van der Waals surface area contributed by atoms with Crippen molar-refractivity contribution in [2.75, 3.05) is 26.8 Å². The second kappa shape index (κ2) is 6.53. The molecular weight excluding hydrogens is 238 g/mol. The quantitative estimate of drug-likeness (QED) is 0.697. The van der Waals surface area contributed by atoms with Crippen LogP contribution in [0.1, 0.15) is 44.8 Å². The van der Waals surface area contributed by atoms with Crippen molar-refractivity contribution in [2.24, 2.45) is 5.41 Å². The second-order valence-corrected chi connectivity index (χ2v) is 5.89. The first kappa shape index (κ1) is 14.5. The number of rotatable bonds is 9. The topological polar surface area (TPSA) is 39.1 Å². The summed E-state index contributed by atoms with van der Waals surface area (Å²) in [6.45, 7) is 7.24. The Morgan fingerprint density at radius 1 is 1.53 bits per heavy atom. The Morgan fingerprint density at radius 2 is 2.32 bits per heavy atom. The number of hydrogen-bond donors (Lipinski definition) is 1. The molecule has 0 radical (unpaired) electrons. The molecule has 1 fully saturated rings. The highest BCUT2D eigenvalue weighted by atomic mass is 16.5. The molecule has 1 saturated carbocycles. The van der Waals surface area contributed by atoms with Crippen molar-refractivity contribution in [2.45, 2.75) is 45.6 Å². The highest BCUT2D eigenvalue weighted by Crippen LogP contribution is 2.47. The van der Waals surface area contributed by atoms with Crippen molar-refractivity contribution in [1.29, 1.82) is 0 Å².